The molecule has 0 radical (unpaired) electrons. The molecule has 1 nitrogen and oxygen atoms in total. The van der Waals surface area contributed by atoms with Gasteiger partial charge in [0.05, 0.1) is 0 Å². The quantitative estimate of drug-likeness (QED) is 0.565. The van der Waals surface area contributed by atoms with Crippen LogP contribution in [0.25, 0.3) is 0 Å². The molecule has 0 aliphatic heterocycles. The average Bonchev–Trinajstić information content (AvgIpc) is 2.47. The van der Waals surface area contributed by atoms with Gasteiger partial charge in [-0.1, -0.05) is 24.6 Å². The third-order valence-electron chi connectivity index (χ3n) is 1.67. The second kappa shape index (κ2) is 2.36. The Bertz CT molecular complexity index is 147. The van der Waals surface area contributed by atoms with Gasteiger partial charge in [-0.05, 0) is 12.3 Å². The molecule has 1 rings (SSSR count). The average molecular weight is 123 g/mol. The van der Waals surface area contributed by atoms with Crippen molar-refractivity contribution >= 4 is 0 Å². The van der Waals surface area contributed by atoms with E-state index < -0.39 is 0 Å². The molecular weight excluding hydrogens is 110 g/mol. The van der Waals surface area contributed by atoms with Crippen LogP contribution in [0.2, 0.25) is 0 Å². The molecule has 0 aromatic carbocycles. The minimum Gasteiger partial charge on any atom is -0.321 e. The SMILES string of the molecule is C=CC(C)CC1=CC1N. The lowest BCUT2D eigenvalue weighted by Gasteiger charge is -2.00. The van der Waals surface area contributed by atoms with Crippen LogP contribution in [-0.2, 0) is 0 Å². The first-order valence-electron chi connectivity index (χ1n) is 3.32. The van der Waals surface area contributed by atoms with E-state index >= 15 is 0 Å². The highest BCUT2D eigenvalue weighted by Gasteiger charge is 2.19. The summed E-state index contributed by atoms with van der Waals surface area (Å²) in [6.45, 7) is 5.85. The summed E-state index contributed by atoms with van der Waals surface area (Å²) >= 11 is 0. The fraction of sp³-hybridized carbons (Fsp3) is 0.500. The van der Waals surface area contributed by atoms with E-state index in [1.165, 1.54) is 5.57 Å². The standard InChI is InChI=1S/C8H13N/c1-3-6(2)4-7-5-8(7)9/h3,5-6,8H,1,4,9H2,2H3. The number of hydrogen-bond acceptors (Lipinski definition) is 1. The van der Waals surface area contributed by atoms with E-state index in [4.69, 9.17) is 5.73 Å². The molecule has 50 valence electrons. The summed E-state index contributed by atoms with van der Waals surface area (Å²) in [5.74, 6) is 0.588. The number of rotatable bonds is 3. The molecule has 0 fully saturated rings. The van der Waals surface area contributed by atoms with Gasteiger partial charge in [-0.3, -0.25) is 0 Å². The van der Waals surface area contributed by atoms with E-state index in [0.717, 1.165) is 6.42 Å². The first-order chi connectivity index (χ1) is 4.24. The van der Waals surface area contributed by atoms with Crippen LogP contribution in [0.4, 0.5) is 0 Å². The first-order valence-corrected chi connectivity index (χ1v) is 3.32. The lowest BCUT2D eigenvalue weighted by molar-refractivity contribution is 0.720. The van der Waals surface area contributed by atoms with Gasteiger partial charge in [0.25, 0.3) is 0 Å². The fourth-order valence-electron chi connectivity index (χ4n) is 0.842. The van der Waals surface area contributed by atoms with Crippen molar-refractivity contribution in [3.8, 4) is 0 Å². The van der Waals surface area contributed by atoms with Crippen LogP contribution in [-0.4, -0.2) is 6.04 Å². The maximum atomic E-state index is 5.54. The summed E-state index contributed by atoms with van der Waals surface area (Å²) in [4.78, 5) is 0. The maximum Gasteiger partial charge on any atom is 0.0444 e. The van der Waals surface area contributed by atoms with Crippen LogP contribution in [0.1, 0.15) is 13.3 Å². The maximum absolute atomic E-state index is 5.54. The largest absolute Gasteiger partial charge is 0.321 e. The van der Waals surface area contributed by atoms with Crippen LogP contribution in [0.15, 0.2) is 24.3 Å². The molecule has 2 N–H and O–H groups in total. The van der Waals surface area contributed by atoms with Gasteiger partial charge in [0, 0.05) is 6.04 Å². The van der Waals surface area contributed by atoms with Gasteiger partial charge < -0.3 is 5.73 Å². The Morgan fingerprint density at radius 3 is 2.89 bits per heavy atom. The van der Waals surface area contributed by atoms with E-state index in [2.05, 4.69) is 19.6 Å². The number of hydrogen-bond donors (Lipinski definition) is 1. The van der Waals surface area contributed by atoms with Gasteiger partial charge in [-0.15, -0.1) is 6.58 Å². The summed E-state index contributed by atoms with van der Waals surface area (Å²) < 4.78 is 0. The lowest BCUT2D eigenvalue weighted by Crippen LogP contribution is -2.04. The number of nitrogens with two attached hydrogens (primary N) is 1. The summed E-state index contributed by atoms with van der Waals surface area (Å²) in [6, 6.07) is 0.299. The molecule has 1 heteroatoms. The molecule has 0 saturated carbocycles. The normalized spacial score (nSPS) is 26.9. The van der Waals surface area contributed by atoms with Crippen molar-refractivity contribution in [2.75, 3.05) is 0 Å². The van der Waals surface area contributed by atoms with Crippen LogP contribution >= 0.6 is 0 Å². The molecule has 0 aromatic heterocycles. The zero-order valence-electron chi connectivity index (χ0n) is 5.80. The zero-order chi connectivity index (χ0) is 6.85. The Balaban J connectivity index is 2.19. The molecule has 0 heterocycles. The van der Waals surface area contributed by atoms with Crippen LogP contribution in [0.3, 0.4) is 0 Å². The van der Waals surface area contributed by atoms with Gasteiger partial charge in [-0.25, -0.2) is 0 Å². The van der Waals surface area contributed by atoms with E-state index in [0.29, 0.717) is 12.0 Å². The van der Waals surface area contributed by atoms with Crippen molar-refractivity contribution in [1.29, 1.82) is 0 Å². The predicted molar refractivity (Wildman–Crippen MR) is 40.0 cm³/mol. The molecule has 0 spiro atoms. The molecular formula is C8H13N. The van der Waals surface area contributed by atoms with Gasteiger partial charge in [0.15, 0.2) is 0 Å². The highest BCUT2D eigenvalue weighted by molar-refractivity contribution is 5.34. The molecule has 1 aliphatic rings. The Morgan fingerprint density at radius 1 is 2.00 bits per heavy atom. The number of allylic oxidation sites excluding steroid dienone is 1. The minimum atomic E-state index is 0.299. The Labute approximate surface area is 56.2 Å². The molecule has 2 unspecified atom stereocenters. The molecule has 9 heavy (non-hydrogen) atoms. The Kier molecular flexibility index (Phi) is 1.72. The third-order valence-corrected chi connectivity index (χ3v) is 1.67. The van der Waals surface area contributed by atoms with E-state index in [1.54, 1.807) is 0 Å². The smallest absolute Gasteiger partial charge is 0.0444 e. The van der Waals surface area contributed by atoms with Gasteiger partial charge in [-0.2, -0.15) is 0 Å². The molecule has 0 saturated heterocycles. The molecule has 0 amide bonds. The first kappa shape index (κ1) is 6.56. The van der Waals surface area contributed by atoms with Crippen LogP contribution < -0.4 is 5.73 Å². The highest BCUT2D eigenvalue weighted by Crippen LogP contribution is 2.25. The van der Waals surface area contributed by atoms with Crippen LogP contribution in [0, 0.1) is 5.92 Å². The Morgan fingerprint density at radius 2 is 2.56 bits per heavy atom. The lowest BCUT2D eigenvalue weighted by atomic mass is 10.1. The van der Waals surface area contributed by atoms with Crippen molar-refractivity contribution in [3.05, 3.63) is 24.3 Å². The monoisotopic (exact) mass is 123 g/mol. The van der Waals surface area contributed by atoms with Gasteiger partial charge >= 0.3 is 0 Å². The zero-order valence-corrected chi connectivity index (χ0v) is 5.80. The van der Waals surface area contributed by atoms with Crippen molar-refractivity contribution in [2.24, 2.45) is 11.7 Å². The fourth-order valence-corrected chi connectivity index (χ4v) is 0.842. The van der Waals surface area contributed by atoms with E-state index in [9.17, 15) is 0 Å². The van der Waals surface area contributed by atoms with Gasteiger partial charge in [0.1, 0.15) is 0 Å². The van der Waals surface area contributed by atoms with Crippen LogP contribution in [0.5, 0.6) is 0 Å². The second-order valence-corrected chi connectivity index (χ2v) is 2.68. The molecule has 0 bridgehead atoms. The van der Waals surface area contributed by atoms with Gasteiger partial charge in [0.2, 0.25) is 0 Å². The Hall–Kier alpha value is -0.560. The highest BCUT2D eigenvalue weighted by atomic mass is 14.7. The summed E-state index contributed by atoms with van der Waals surface area (Å²) in [6.07, 6.45) is 5.16. The second-order valence-electron chi connectivity index (χ2n) is 2.68. The van der Waals surface area contributed by atoms with Crippen molar-refractivity contribution in [2.45, 2.75) is 19.4 Å². The molecule has 1 aliphatic carbocycles. The summed E-state index contributed by atoms with van der Waals surface area (Å²) in [7, 11) is 0. The van der Waals surface area contributed by atoms with Crippen molar-refractivity contribution in [3.63, 3.8) is 0 Å². The molecule has 2 atom stereocenters. The van der Waals surface area contributed by atoms with Crippen molar-refractivity contribution < 1.29 is 0 Å². The van der Waals surface area contributed by atoms with E-state index in [-0.39, 0.29) is 0 Å². The van der Waals surface area contributed by atoms with E-state index in [1.807, 2.05) is 6.08 Å². The summed E-state index contributed by atoms with van der Waals surface area (Å²) in [5.41, 5.74) is 6.93. The molecule has 0 aromatic rings. The summed E-state index contributed by atoms with van der Waals surface area (Å²) in [5, 5.41) is 0. The minimum absolute atomic E-state index is 0.299. The topological polar surface area (TPSA) is 26.0 Å². The third kappa shape index (κ3) is 1.68. The predicted octanol–water partition coefficient (Wildman–Crippen LogP) is 1.47. The van der Waals surface area contributed by atoms with Crippen molar-refractivity contribution in [1.82, 2.24) is 0 Å².